The Morgan fingerprint density at radius 2 is 1.90 bits per heavy atom. The van der Waals surface area contributed by atoms with Crippen LogP contribution in [0.4, 0.5) is 5.69 Å². The Kier molecular flexibility index (Phi) is 8.60. The van der Waals surface area contributed by atoms with E-state index in [1.54, 1.807) is 19.3 Å². The van der Waals surface area contributed by atoms with Gasteiger partial charge in [0.05, 0.1) is 12.8 Å². The van der Waals surface area contributed by atoms with E-state index in [0.29, 0.717) is 11.6 Å². The first-order valence-electron chi connectivity index (χ1n) is 10.5. The van der Waals surface area contributed by atoms with Gasteiger partial charge in [-0.15, -0.1) is 0 Å². The molecular formula is C24H30ClN3O2. The maximum atomic E-state index is 11.9. The van der Waals surface area contributed by atoms with Gasteiger partial charge in [-0.05, 0) is 55.3 Å². The molecule has 1 saturated heterocycles. The van der Waals surface area contributed by atoms with Crippen molar-refractivity contribution in [2.24, 2.45) is 0 Å². The average molecular weight is 428 g/mol. The third kappa shape index (κ3) is 6.78. The van der Waals surface area contributed by atoms with E-state index in [9.17, 15) is 4.79 Å². The van der Waals surface area contributed by atoms with Crippen molar-refractivity contribution in [2.75, 3.05) is 51.3 Å². The van der Waals surface area contributed by atoms with Gasteiger partial charge in [0.2, 0.25) is 5.91 Å². The zero-order chi connectivity index (χ0) is 21.2. The Hall–Kier alpha value is -2.50. The molecule has 1 aliphatic heterocycles. The van der Waals surface area contributed by atoms with E-state index < -0.39 is 0 Å². The van der Waals surface area contributed by atoms with E-state index in [-0.39, 0.29) is 5.91 Å². The Labute approximate surface area is 184 Å². The van der Waals surface area contributed by atoms with Gasteiger partial charge in [0.25, 0.3) is 0 Å². The van der Waals surface area contributed by atoms with Crippen LogP contribution in [0.15, 0.2) is 54.6 Å². The number of para-hydroxylation sites is 2. The molecule has 1 amide bonds. The number of unbranched alkanes of at least 4 members (excludes halogenated alkanes) is 1. The second kappa shape index (κ2) is 11.6. The highest BCUT2D eigenvalue weighted by Crippen LogP contribution is 2.28. The number of methoxy groups -OCH3 is 1. The number of anilines is 1. The maximum Gasteiger partial charge on any atom is 0.243 e. The Morgan fingerprint density at radius 3 is 2.67 bits per heavy atom. The van der Waals surface area contributed by atoms with Crippen LogP contribution in [0, 0.1) is 0 Å². The Morgan fingerprint density at radius 1 is 1.10 bits per heavy atom. The van der Waals surface area contributed by atoms with E-state index in [4.69, 9.17) is 16.3 Å². The van der Waals surface area contributed by atoms with Gasteiger partial charge in [0.15, 0.2) is 0 Å². The molecule has 2 aromatic rings. The molecule has 2 aromatic carbocycles. The number of rotatable bonds is 9. The summed E-state index contributed by atoms with van der Waals surface area (Å²) in [6.45, 7) is 5.87. The fourth-order valence-electron chi connectivity index (χ4n) is 3.62. The van der Waals surface area contributed by atoms with E-state index in [0.717, 1.165) is 56.9 Å². The maximum absolute atomic E-state index is 11.9. The second-order valence-electron chi connectivity index (χ2n) is 7.39. The van der Waals surface area contributed by atoms with Crippen LogP contribution in [0.25, 0.3) is 6.08 Å². The number of hydrogen-bond acceptors (Lipinski definition) is 4. The summed E-state index contributed by atoms with van der Waals surface area (Å²) in [5, 5.41) is 3.61. The first-order valence-corrected chi connectivity index (χ1v) is 10.9. The van der Waals surface area contributed by atoms with Crippen LogP contribution in [0.5, 0.6) is 5.75 Å². The molecular weight excluding hydrogens is 398 g/mol. The van der Waals surface area contributed by atoms with Crippen LogP contribution in [-0.2, 0) is 4.79 Å². The quantitative estimate of drug-likeness (QED) is 0.483. The summed E-state index contributed by atoms with van der Waals surface area (Å²) in [6, 6.07) is 15.6. The van der Waals surface area contributed by atoms with Gasteiger partial charge in [-0.25, -0.2) is 0 Å². The smallest absolute Gasteiger partial charge is 0.243 e. The summed E-state index contributed by atoms with van der Waals surface area (Å²) in [6.07, 6.45) is 5.39. The molecule has 1 N–H and O–H groups in total. The fourth-order valence-corrected chi connectivity index (χ4v) is 3.82. The predicted molar refractivity (Wildman–Crippen MR) is 124 cm³/mol. The molecule has 5 nitrogen and oxygen atoms in total. The number of carbonyl (C=O) groups is 1. The summed E-state index contributed by atoms with van der Waals surface area (Å²) >= 11 is 5.95. The van der Waals surface area contributed by atoms with E-state index in [1.807, 2.05) is 36.4 Å². The molecule has 0 unspecified atom stereocenters. The minimum atomic E-state index is -0.0691. The van der Waals surface area contributed by atoms with Crippen molar-refractivity contribution < 1.29 is 9.53 Å². The second-order valence-corrected chi connectivity index (χ2v) is 7.82. The minimum absolute atomic E-state index is 0.0691. The molecule has 30 heavy (non-hydrogen) atoms. The molecule has 0 saturated carbocycles. The molecule has 1 fully saturated rings. The largest absolute Gasteiger partial charge is 0.495 e. The molecule has 0 atom stereocenters. The molecule has 0 spiro atoms. The Bertz CT molecular complexity index is 848. The van der Waals surface area contributed by atoms with Crippen molar-refractivity contribution in [2.45, 2.75) is 12.8 Å². The highest BCUT2D eigenvalue weighted by atomic mass is 35.5. The number of nitrogens with zero attached hydrogens (tertiary/aromatic N) is 2. The van der Waals surface area contributed by atoms with Crippen LogP contribution in [0.2, 0.25) is 5.02 Å². The number of ether oxygens (including phenoxy) is 1. The number of amides is 1. The molecule has 1 aliphatic rings. The van der Waals surface area contributed by atoms with Crippen molar-refractivity contribution in [1.29, 1.82) is 0 Å². The molecule has 0 bridgehead atoms. The predicted octanol–water partition coefficient (Wildman–Crippen LogP) is 4.08. The van der Waals surface area contributed by atoms with E-state index in [1.165, 1.54) is 5.69 Å². The Balaban J connectivity index is 1.30. The first kappa shape index (κ1) is 22.2. The SMILES string of the molecule is COc1ccccc1N1CCN(CCCCNC(=O)/C=C/c2cccc(Cl)c2)CC1. The number of nitrogens with one attached hydrogen (secondary N) is 1. The van der Waals surface area contributed by atoms with Gasteiger partial charge < -0.3 is 15.0 Å². The normalized spacial score (nSPS) is 14.8. The molecule has 1 heterocycles. The lowest BCUT2D eigenvalue weighted by molar-refractivity contribution is -0.116. The summed E-state index contributed by atoms with van der Waals surface area (Å²) in [5.41, 5.74) is 2.10. The average Bonchev–Trinajstić information content (AvgIpc) is 2.78. The summed E-state index contributed by atoms with van der Waals surface area (Å²) in [4.78, 5) is 16.8. The van der Waals surface area contributed by atoms with Crippen LogP contribution < -0.4 is 15.0 Å². The standard InChI is InChI=1S/C24H30ClN3O2/c1-30-23-10-3-2-9-22(23)28-17-15-27(16-18-28)14-5-4-13-26-24(29)12-11-20-7-6-8-21(25)19-20/h2-3,6-12,19H,4-5,13-18H2,1H3,(H,26,29)/b12-11+. The van der Waals surface area contributed by atoms with E-state index >= 15 is 0 Å². The fraction of sp³-hybridized carbons (Fsp3) is 0.375. The monoisotopic (exact) mass is 427 g/mol. The first-order chi connectivity index (χ1) is 14.7. The molecule has 160 valence electrons. The van der Waals surface area contributed by atoms with Gasteiger partial charge in [-0.3, -0.25) is 9.69 Å². The zero-order valence-corrected chi connectivity index (χ0v) is 18.3. The van der Waals surface area contributed by atoms with Gasteiger partial charge in [0, 0.05) is 43.8 Å². The number of halogens is 1. The lowest BCUT2D eigenvalue weighted by Crippen LogP contribution is -2.46. The molecule has 0 radical (unpaired) electrons. The van der Waals surface area contributed by atoms with Gasteiger partial charge in [-0.2, -0.15) is 0 Å². The summed E-state index contributed by atoms with van der Waals surface area (Å²) in [5.74, 6) is 0.867. The van der Waals surface area contributed by atoms with Crippen molar-refractivity contribution in [3.8, 4) is 5.75 Å². The molecule has 0 aromatic heterocycles. The van der Waals surface area contributed by atoms with Gasteiger partial charge in [-0.1, -0.05) is 35.9 Å². The number of piperazine rings is 1. The third-order valence-electron chi connectivity index (χ3n) is 5.27. The van der Waals surface area contributed by atoms with Crippen LogP contribution >= 0.6 is 11.6 Å². The van der Waals surface area contributed by atoms with E-state index in [2.05, 4.69) is 27.2 Å². The molecule has 3 rings (SSSR count). The summed E-state index contributed by atoms with van der Waals surface area (Å²) < 4.78 is 5.48. The third-order valence-corrected chi connectivity index (χ3v) is 5.51. The lowest BCUT2D eigenvalue weighted by Gasteiger charge is -2.36. The van der Waals surface area contributed by atoms with Gasteiger partial charge >= 0.3 is 0 Å². The highest BCUT2D eigenvalue weighted by molar-refractivity contribution is 6.30. The van der Waals surface area contributed by atoms with Crippen LogP contribution in [0.1, 0.15) is 18.4 Å². The number of hydrogen-bond donors (Lipinski definition) is 1. The van der Waals surface area contributed by atoms with Crippen molar-refractivity contribution in [3.05, 3.63) is 65.2 Å². The van der Waals surface area contributed by atoms with Crippen LogP contribution in [0.3, 0.4) is 0 Å². The lowest BCUT2D eigenvalue weighted by atomic mass is 10.2. The topological polar surface area (TPSA) is 44.8 Å². The highest BCUT2D eigenvalue weighted by Gasteiger charge is 2.18. The number of benzene rings is 2. The van der Waals surface area contributed by atoms with Crippen LogP contribution in [-0.4, -0.2) is 57.2 Å². The summed E-state index contributed by atoms with van der Waals surface area (Å²) in [7, 11) is 1.72. The van der Waals surface area contributed by atoms with Crippen molar-refractivity contribution >= 4 is 29.3 Å². The van der Waals surface area contributed by atoms with Crippen molar-refractivity contribution in [3.63, 3.8) is 0 Å². The minimum Gasteiger partial charge on any atom is -0.495 e. The van der Waals surface area contributed by atoms with Crippen molar-refractivity contribution in [1.82, 2.24) is 10.2 Å². The molecule has 0 aliphatic carbocycles. The number of carbonyl (C=O) groups excluding carboxylic acids is 1. The molecule has 6 heteroatoms. The van der Waals surface area contributed by atoms with Gasteiger partial charge in [0.1, 0.15) is 5.75 Å². The zero-order valence-electron chi connectivity index (χ0n) is 17.5.